The number of thiophene rings is 1. The molecule has 0 unspecified atom stereocenters. The molecule has 3 rings (SSSR count). The number of hydrogen-bond acceptors (Lipinski definition) is 5. The van der Waals surface area contributed by atoms with Crippen LogP contribution in [0.4, 0.5) is 0 Å². The fourth-order valence-electron chi connectivity index (χ4n) is 2.93. The maximum atomic E-state index is 12.4. The molecule has 0 bridgehead atoms. The van der Waals surface area contributed by atoms with Gasteiger partial charge in [-0.25, -0.2) is 4.98 Å². The molecule has 0 saturated carbocycles. The van der Waals surface area contributed by atoms with Crippen LogP contribution < -0.4 is 10.1 Å². The van der Waals surface area contributed by atoms with E-state index in [1.165, 1.54) is 18.4 Å². The molecule has 3 heterocycles. The van der Waals surface area contributed by atoms with Gasteiger partial charge in [0, 0.05) is 37.5 Å². The number of nitrogens with zero attached hydrogens (tertiary/aromatic N) is 2. The van der Waals surface area contributed by atoms with Gasteiger partial charge in [-0.3, -0.25) is 9.59 Å². The number of rotatable bonds is 5. The topological polar surface area (TPSA) is 71.5 Å². The van der Waals surface area contributed by atoms with Gasteiger partial charge in [0.25, 0.3) is 11.8 Å². The Labute approximate surface area is 161 Å². The molecule has 1 aliphatic heterocycles. The Balaban J connectivity index is 1.46. The lowest BCUT2D eigenvalue weighted by molar-refractivity contribution is 0.0689. The van der Waals surface area contributed by atoms with Gasteiger partial charge in [-0.15, -0.1) is 11.3 Å². The van der Waals surface area contributed by atoms with Crippen molar-refractivity contribution in [1.82, 2.24) is 15.2 Å². The molecule has 1 N–H and O–H groups in total. The number of halogens is 1. The summed E-state index contributed by atoms with van der Waals surface area (Å²) in [5, 5.41) is 2.96. The molecule has 1 fully saturated rings. The molecule has 2 amide bonds. The van der Waals surface area contributed by atoms with E-state index in [4.69, 9.17) is 16.3 Å². The molecule has 0 aromatic carbocycles. The van der Waals surface area contributed by atoms with Crippen molar-refractivity contribution in [2.24, 2.45) is 5.92 Å². The van der Waals surface area contributed by atoms with E-state index in [1.807, 2.05) is 4.90 Å². The van der Waals surface area contributed by atoms with Crippen LogP contribution in [0, 0.1) is 5.92 Å². The normalized spacial score (nSPS) is 14.9. The summed E-state index contributed by atoms with van der Waals surface area (Å²) in [4.78, 5) is 31.2. The SMILES string of the molecule is COc1cc(C(=O)NCC2CCN(C(=O)c3ccc(Cl)s3)CC2)ccn1. The maximum Gasteiger partial charge on any atom is 0.263 e. The highest BCUT2D eigenvalue weighted by Gasteiger charge is 2.24. The van der Waals surface area contributed by atoms with Crippen LogP contribution in [-0.2, 0) is 0 Å². The van der Waals surface area contributed by atoms with Gasteiger partial charge in [0.15, 0.2) is 0 Å². The highest BCUT2D eigenvalue weighted by molar-refractivity contribution is 7.17. The van der Waals surface area contributed by atoms with Gasteiger partial charge < -0.3 is 15.0 Å². The second-order valence-electron chi connectivity index (χ2n) is 6.14. The molecule has 138 valence electrons. The Hall–Kier alpha value is -2.12. The molecule has 0 spiro atoms. The van der Waals surface area contributed by atoms with Gasteiger partial charge in [-0.05, 0) is 37.0 Å². The number of hydrogen-bond donors (Lipinski definition) is 1. The Kier molecular flexibility index (Phi) is 6.11. The first-order valence-electron chi connectivity index (χ1n) is 8.39. The summed E-state index contributed by atoms with van der Waals surface area (Å²) in [6, 6.07) is 6.79. The Morgan fingerprint density at radius 2 is 2.12 bits per heavy atom. The summed E-state index contributed by atoms with van der Waals surface area (Å²) in [6.45, 7) is 1.98. The molecule has 1 saturated heterocycles. The number of carbonyl (C=O) groups excluding carboxylic acids is 2. The Bertz CT molecular complexity index is 787. The van der Waals surface area contributed by atoms with Crippen molar-refractivity contribution < 1.29 is 14.3 Å². The lowest BCUT2D eigenvalue weighted by Crippen LogP contribution is -2.41. The second kappa shape index (κ2) is 8.51. The summed E-state index contributed by atoms with van der Waals surface area (Å²) >= 11 is 7.21. The number of ether oxygens (including phenoxy) is 1. The first-order chi connectivity index (χ1) is 12.6. The van der Waals surface area contributed by atoms with Crippen LogP contribution in [0.3, 0.4) is 0 Å². The number of pyridine rings is 1. The second-order valence-corrected chi connectivity index (χ2v) is 7.85. The average Bonchev–Trinajstić information content (AvgIpc) is 3.12. The lowest BCUT2D eigenvalue weighted by atomic mass is 9.96. The van der Waals surface area contributed by atoms with E-state index in [1.54, 1.807) is 30.5 Å². The predicted octanol–water partition coefficient (Wildman–Crippen LogP) is 3.09. The van der Waals surface area contributed by atoms with E-state index >= 15 is 0 Å². The number of nitrogens with one attached hydrogen (secondary N) is 1. The fraction of sp³-hybridized carbons (Fsp3) is 0.389. The molecule has 1 aliphatic rings. The van der Waals surface area contributed by atoms with Crippen LogP contribution in [0.2, 0.25) is 4.34 Å². The zero-order chi connectivity index (χ0) is 18.5. The third-order valence-electron chi connectivity index (χ3n) is 4.44. The maximum absolute atomic E-state index is 12.4. The minimum Gasteiger partial charge on any atom is -0.481 e. The number of amides is 2. The van der Waals surface area contributed by atoms with E-state index < -0.39 is 0 Å². The van der Waals surface area contributed by atoms with Gasteiger partial charge in [0.2, 0.25) is 5.88 Å². The van der Waals surface area contributed by atoms with Crippen molar-refractivity contribution in [3.63, 3.8) is 0 Å². The molecule has 8 heteroatoms. The molecule has 6 nitrogen and oxygen atoms in total. The number of carbonyl (C=O) groups is 2. The highest BCUT2D eigenvalue weighted by Crippen LogP contribution is 2.25. The van der Waals surface area contributed by atoms with E-state index in [9.17, 15) is 9.59 Å². The van der Waals surface area contributed by atoms with Crippen LogP contribution in [0.1, 0.15) is 32.9 Å². The molecule has 26 heavy (non-hydrogen) atoms. The molecule has 0 radical (unpaired) electrons. The monoisotopic (exact) mass is 393 g/mol. The van der Waals surface area contributed by atoms with E-state index in [0.29, 0.717) is 46.2 Å². The van der Waals surface area contributed by atoms with Crippen molar-refractivity contribution in [1.29, 1.82) is 0 Å². The van der Waals surface area contributed by atoms with Crippen LogP contribution in [-0.4, -0.2) is 48.4 Å². The predicted molar refractivity (Wildman–Crippen MR) is 101 cm³/mol. The standard InChI is InChI=1S/C18H20ClN3O3S/c1-25-16-10-13(4-7-20-16)17(23)21-11-12-5-8-22(9-6-12)18(24)14-2-3-15(19)26-14/h2-4,7,10,12H,5-6,8-9,11H2,1H3,(H,21,23). The summed E-state index contributed by atoms with van der Waals surface area (Å²) in [5.41, 5.74) is 0.527. The van der Waals surface area contributed by atoms with Gasteiger partial charge >= 0.3 is 0 Å². The Morgan fingerprint density at radius 3 is 2.77 bits per heavy atom. The van der Waals surface area contributed by atoms with Gasteiger partial charge in [-0.1, -0.05) is 11.6 Å². The van der Waals surface area contributed by atoms with Gasteiger partial charge in [0.1, 0.15) is 0 Å². The third kappa shape index (κ3) is 4.53. The average molecular weight is 394 g/mol. The first kappa shape index (κ1) is 18.7. The summed E-state index contributed by atoms with van der Waals surface area (Å²) < 4.78 is 5.66. The van der Waals surface area contributed by atoms with Crippen molar-refractivity contribution in [3.05, 3.63) is 45.2 Å². The summed E-state index contributed by atoms with van der Waals surface area (Å²) in [6.07, 6.45) is 3.28. The van der Waals surface area contributed by atoms with Crippen LogP contribution in [0.5, 0.6) is 5.88 Å². The van der Waals surface area contributed by atoms with Crippen molar-refractivity contribution in [2.75, 3.05) is 26.7 Å². The van der Waals surface area contributed by atoms with E-state index in [2.05, 4.69) is 10.3 Å². The zero-order valence-corrected chi connectivity index (χ0v) is 16.0. The zero-order valence-electron chi connectivity index (χ0n) is 14.4. The molecular weight excluding hydrogens is 374 g/mol. The smallest absolute Gasteiger partial charge is 0.263 e. The lowest BCUT2D eigenvalue weighted by Gasteiger charge is -2.31. The molecule has 0 atom stereocenters. The number of aromatic nitrogens is 1. The first-order valence-corrected chi connectivity index (χ1v) is 9.59. The minimum absolute atomic E-state index is 0.0354. The van der Waals surface area contributed by atoms with Crippen molar-refractivity contribution in [2.45, 2.75) is 12.8 Å². The van der Waals surface area contributed by atoms with E-state index in [0.717, 1.165) is 12.8 Å². The van der Waals surface area contributed by atoms with Gasteiger partial charge in [0.05, 0.1) is 16.3 Å². The highest BCUT2D eigenvalue weighted by atomic mass is 35.5. The van der Waals surface area contributed by atoms with Crippen LogP contribution in [0.25, 0.3) is 0 Å². The molecular formula is C18H20ClN3O3S. The van der Waals surface area contributed by atoms with Crippen LogP contribution >= 0.6 is 22.9 Å². The number of methoxy groups -OCH3 is 1. The Morgan fingerprint density at radius 1 is 1.35 bits per heavy atom. The van der Waals surface area contributed by atoms with E-state index in [-0.39, 0.29) is 11.8 Å². The number of piperidine rings is 1. The van der Waals surface area contributed by atoms with Gasteiger partial charge in [-0.2, -0.15) is 0 Å². The van der Waals surface area contributed by atoms with Crippen molar-refractivity contribution in [3.8, 4) is 5.88 Å². The fourth-order valence-corrected chi connectivity index (χ4v) is 3.94. The summed E-state index contributed by atoms with van der Waals surface area (Å²) in [7, 11) is 1.52. The third-order valence-corrected chi connectivity index (χ3v) is 5.66. The molecule has 2 aromatic heterocycles. The van der Waals surface area contributed by atoms with Crippen molar-refractivity contribution >= 4 is 34.8 Å². The number of likely N-dealkylation sites (tertiary alicyclic amines) is 1. The molecule has 0 aliphatic carbocycles. The molecule has 2 aromatic rings. The van der Waals surface area contributed by atoms with Crippen LogP contribution in [0.15, 0.2) is 30.5 Å². The minimum atomic E-state index is -0.141. The quantitative estimate of drug-likeness (QED) is 0.847. The summed E-state index contributed by atoms with van der Waals surface area (Å²) in [5.74, 6) is 0.669. The largest absolute Gasteiger partial charge is 0.481 e.